The van der Waals surface area contributed by atoms with Crippen molar-refractivity contribution in [2.24, 2.45) is 5.73 Å². The van der Waals surface area contributed by atoms with Gasteiger partial charge in [-0.1, -0.05) is 43.8 Å². The number of aliphatic carboxylic acids is 2. The van der Waals surface area contributed by atoms with Crippen molar-refractivity contribution in [3.63, 3.8) is 0 Å². The number of carbonyl (C=O) groups excluding carboxylic acids is 2. The van der Waals surface area contributed by atoms with Crippen LogP contribution in [0.3, 0.4) is 0 Å². The maximum absolute atomic E-state index is 12.9. The molecule has 1 aliphatic heterocycles. The van der Waals surface area contributed by atoms with Gasteiger partial charge < -0.3 is 60.7 Å². The third-order valence-electron chi connectivity index (χ3n) is 9.77. The molecular formula is C40H62N10O10S. The van der Waals surface area contributed by atoms with Gasteiger partial charge in [0.15, 0.2) is 5.82 Å². The van der Waals surface area contributed by atoms with Crippen LogP contribution in [-0.4, -0.2) is 162 Å². The summed E-state index contributed by atoms with van der Waals surface area (Å²) < 4.78 is 27.2. The molecule has 338 valence electrons. The first-order valence-electron chi connectivity index (χ1n) is 20.6. The highest BCUT2D eigenvalue weighted by atomic mass is 32.2. The van der Waals surface area contributed by atoms with Crippen LogP contribution in [-0.2, 0) is 46.5 Å². The highest BCUT2D eigenvalue weighted by Gasteiger charge is 2.23. The molecule has 3 aromatic rings. The fraction of sp³-hybridized carbons (Fsp3) is 0.600. The van der Waals surface area contributed by atoms with Gasteiger partial charge in [0.2, 0.25) is 17.8 Å². The lowest BCUT2D eigenvalue weighted by molar-refractivity contribution is -0.140. The molecule has 1 aromatic carbocycles. The third-order valence-corrected chi connectivity index (χ3v) is 10.8. The van der Waals surface area contributed by atoms with Crippen LogP contribution in [0.2, 0.25) is 0 Å². The van der Waals surface area contributed by atoms with Gasteiger partial charge in [0.05, 0.1) is 71.7 Å². The van der Waals surface area contributed by atoms with Crippen molar-refractivity contribution in [3.8, 4) is 5.75 Å². The molecule has 3 heterocycles. The van der Waals surface area contributed by atoms with E-state index in [-0.39, 0.29) is 43.8 Å². The Bertz CT molecular complexity index is 1840. The second kappa shape index (κ2) is 26.5. The molecule has 9 N–H and O–H groups in total. The monoisotopic (exact) mass is 874 g/mol. The summed E-state index contributed by atoms with van der Waals surface area (Å²) in [6.07, 6.45) is 5.13. The minimum Gasteiger partial charge on any atom is -0.496 e. The zero-order valence-corrected chi connectivity index (χ0v) is 36.0. The Morgan fingerprint density at radius 1 is 0.918 bits per heavy atom. The van der Waals surface area contributed by atoms with Crippen LogP contribution in [0.15, 0.2) is 30.5 Å². The van der Waals surface area contributed by atoms with Crippen molar-refractivity contribution < 1.29 is 48.3 Å². The first kappa shape index (κ1) is 48.9. The van der Waals surface area contributed by atoms with Gasteiger partial charge in [0, 0.05) is 63.3 Å². The summed E-state index contributed by atoms with van der Waals surface area (Å²) in [5, 5.41) is 24.0. The van der Waals surface area contributed by atoms with Gasteiger partial charge in [0.1, 0.15) is 23.3 Å². The number of nitrogen functional groups attached to an aromatic ring is 1. The molecule has 1 aliphatic rings. The van der Waals surface area contributed by atoms with E-state index in [9.17, 15) is 19.2 Å². The predicted molar refractivity (Wildman–Crippen MR) is 231 cm³/mol. The largest absolute Gasteiger partial charge is 0.496 e. The Kier molecular flexibility index (Phi) is 21.3. The molecule has 20 nitrogen and oxygen atoms in total. The Balaban J connectivity index is 1.06. The number of nitrogens with one attached hydrogen (secondary N) is 3. The number of nitrogens with zero attached hydrogens (tertiary/aromatic N) is 5. The Morgan fingerprint density at radius 3 is 2.33 bits per heavy atom. The minimum atomic E-state index is -1.20. The number of aromatic nitrogens is 3. The van der Waals surface area contributed by atoms with E-state index < -0.39 is 36.4 Å². The summed E-state index contributed by atoms with van der Waals surface area (Å²) >= 11 is 0.872. The quantitative estimate of drug-likeness (QED) is 0.0368. The number of carbonyl (C=O) groups is 4. The average molecular weight is 875 g/mol. The number of benzene rings is 1. The van der Waals surface area contributed by atoms with Crippen LogP contribution in [0.25, 0.3) is 11.0 Å². The molecule has 61 heavy (non-hydrogen) atoms. The molecule has 0 radical (unpaired) electrons. The molecule has 1 saturated heterocycles. The van der Waals surface area contributed by atoms with Crippen molar-refractivity contribution in [2.75, 3.05) is 103 Å². The number of carboxylic acids is 2. The maximum Gasteiger partial charge on any atom is 0.321 e. The van der Waals surface area contributed by atoms with Crippen molar-refractivity contribution >= 4 is 58.5 Å². The number of anilines is 2. The fourth-order valence-corrected chi connectivity index (χ4v) is 7.29. The van der Waals surface area contributed by atoms with Crippen molar-refractivity contribution in [2.45, 2.75) is 64.2 Å². The molecule has 1 unspecified atom stereocenters. The number of hydrogen-bond donors (Lipinski definition) is 7. The van der Waals surface area contributed by atoms with Gasteiger partial charge in [-0.25, -0.2) is 4.98 Å². The van der Waals surface area contributed by atoms with Crippen LogP contribution in [0, 0.1) is 0 Å². The lowest BCUT2D eigenvalue weighted by atomic mass is 10.1. The lowest BCUT2D eigenvalue weighted by Gasteiger charge is -2.35. The predicted octanol–water partition coefficient (Wildman–Crippen LogP) is 1.37. The first-order valence-corrected chi connectivity index (χ1v) is 21.6. The van der Waals surface area contributed by atoms with E-state index in [0.717, 1.165) is 91.1 Å². The SMILES string of the molecule is CCCCCNc1nc(N)nc2ccn(Cc3ccc(CN4CCN(C(=O)CCOCCOCCOCCNC(=O)C(CC(=O)O)NSC[C@H](N)C(=O)O)CC4)cc3OC)c12. The van der Waals surface area contributed by atoms with Gasteiger partial charge in [-0.05, 0) is 24.1 Å². The van der Waals surface area contributed by atoms with Gasteiger partial charge >= 0.3 is 11.9 Å². The molecule has 0 spiro atoms. The molecule has 2 aromatic heterocycles. The summed E-state index contributed by atoms with van der Waals surface area (Å²) in [7, 11) is 1.69. The third kappa shape index (κ3) is 16.9. The molecule has 0 aliphatic carbocycles. The molecule has 0 saturated carbocycles. The highest BCUT2D eigenvalue weighted by Crippen LogP contribution is 2.27. The average Bonchev–Trinajstić information content (AvgIpc) is 3.64. The molecule has 21 heteroatoms. The number of fused-ring (bicyclic) bond motifs is 1. The second-order valence-electron chi connectivity index (χ2n) is 14.4. The normalized spacial score (nSPS) is 14.2. The van der Waals surface area contributed by atoms with Crippen LogP contribution in [0.1, 0.15) is 50.2 Å². The van der Waals surface area contributed by atoms with Crippen LogP contribution >= 0.6 is 11.9 Å². The van der Waals surface area contributed by atoms with Gasteiger partial charge in [-0.2, -0.15) is 4.98 Å². The number of piperazine rings is 1. The number of unbranched alkanes of at least 4 members (excludes halogenated alkanes) is 2. The smallest absolute Gasteiger partial charge is 0.321 e. The molecule has 0 bridgehead atoms. The molecule has 2 amide bonds. The van der Waals surface area contributed by atoms with Crippen LogP contribution in [0.5, 0.6) is 5.75 Å². The number of carboxylic acid groups (broad SMARTS) is 2. The van der Waals surface area contributed by atoms with Crippen LogP contribution < -0.4 is 31.6 Å². The van der Waals surface area contributed by atoms with E-state index in [1.807, 2.05) is 17.2 Å². The zero-order chi connectivity index (χ0) is 44.0. The van der Waals surface area contributed by atoms with Crippen molar-refractivity contribution in [1.82, 2.24) is 34.4 Å². The fourth-order valence-electron chi connectivity index (χ4n) is 6.48. The van der Waals surface area contributed by atoms with Gasteiger partial charge in [-0.15, -0.1) is 0 Å². The molecule has 4 rings (SSSR count). The van der Waals surface area contributed by atoms with E-state index in [4.69, 9.17) is 40.6 Å². The van der Waals surface area contributed by atoms with E-state index >= 15 is 0 Å². The Hall–Kier alpha value is -4.77. The summed E-state index contributed by atoms with van der Waals surface area (Å²) in [6, 6.07) is 6.06. The standard InChI is InChI=1S/C40H62N10O10S/c1-3-4-5-10-43-37-36-31(45-40(42)46-37)8-12-50(36)26-29-7-6-28(23-33(29)57-2)25-48-13-15-49(16-14-48)34(51)9-17-58-19-21-60-22-20-59-18-11-44-38(54)32(24-35(52)53)47-61-27-30(41)39(55)56/h6-8,12,23,30,32,47H,3-5,9-11,13-22,24-27,41H2,1-2H3,(H,44,54)(H,52,53)(H,55,56)(H3,42,43,45,46)/t30-,32?/m0/s1. The summed E-state index contributed by atoms with van der Waals surface area (Å²) in [4.78, 5) is 60.3. The first-order chi connectivity index (χ1) is 29.5. The van der Waals surface area contributed by atoms with Crippen molar-refractivity contribution in [1.29, 1.82) is 0 Å². The summed E-state index contributed by atoms with van der Waals surface area (Å²) in [6.45, 7) is 8.99. The number of hydrogen-bond acceptors (Lipinski definition) is 16. The number of rotatable bonds is 30. The number of amides is 2. The summed E-state index contributed by atoms with van der Waals surface area (Å²) in [5.41, 5.74) is 15.3. The number of ether oxygens (including phenoxy) is 4. The van der Waals surface area contributed by atoms with E-state index in [1.54, 1.807) is 7.11 Å². The van der Waals surface area contributed by atoms with Gasteiger partial charge in [-0.3, -0.25) is 28.8 Å². The highest BCUT2D eigenvalue weighted by molar-refractivity contribution is 7.97. The Morgan fingerprint density at radius 2 is 1.64 bits per heavy atom. The summed E-state index contributed by atoms with van der Waals surface area (Å²) in [5.74, 6) is -1.14. The molecule has 1 fully saturated rings. The molecule has 2 atom stereocenters. The topological polar surface area (TPSA) is 271 Å². The maximum atomic E-state index is 12.9. The number of methoxy groups -OCH3 is 1. The van der Waals surface area contributed by atoms with E-state index in [2.05, 4.69) is 59.9 Å². The lowest BCUT2D eigenvalue weighted by Crippen LogP contribution is -2.48. The van der Waals surface area contributed by atoms with Gasteiger partial charge in [0.25, 0.3) is 0 Å². The molecular weight excluding hydrogens is 813 g/mol. The van der Waals surface area contributed by atoms with Crippen molar-refractivity contribution in [3.05, 3.63) is 41.6 Å². The minimum absolute atomic E-state index is 0.0405. The zero-order valence-electron chi connectivity index (χ0n) is 35.1. The Labute approximate surface area is 360 Å². The number of nitrogens with two attached hydrogens (primary N) is 2. The second-order valence-corrected chi connectivity index (χ2v) is 15.3. The van der Waals surface area contributed by atoms with E-state index in [0.29, 0.717) is 46.1 Å². The van der Waals surface area contributed by atoms with Crippen LogP contribution in [0.4, 0.5) is 11.8 Å². The van der Waals surface area contributed by atoms with E-state index in [1.165, 1.54) is 0 Å².